The van der Waals surface area contributed by atoms with Gasteiger partial charge >= 0.3 is 6.09 Å². The Morgan fingerprint density at radius 3 is 2.35 bits per heavy atom. The van der Waals surface area contributed by atoms with Crippen LogP contribution in [0.15, 0.2) is 18.2 Å². The molecule has 0 bridgehead atoms. The summed E-state index contributed by atoms with van der Waals surface area (Å²) in [7, 11) is 3.34. The molecule has 0 radical (unpaired) electrons. The maximum Gasteiger partial charge on any atom is 0.410 e. The zero-order valence-electron chi connectivity index (χ0n) is 31.2. The first-order valence-corrected chi connectivity index (χ1v) is 18.0. The summed E-state index contributed by atoms with van der Waals surface area (Å²) in [6.07, 6.45) is 4.21. The highest BCUT2D eigenvalue weighted by atomic mass is 16.6. The average molecular weight is 686 g/mol. The van der Waals surface area contributed by atoms with E-state index in [4.69, 9.17) is 18.9 Å². The molecule has 3 atom stereocenters. The van der Waals surface area contributed by atoms with E-state index >= 15 is 0 Å². The van der Waals surface area contributed by atoms with Gasteiger partial charge in [-0.1, -0.05) is 13.8 Å². The predicted octanol–water partition coefficient (Wildman–Crippen LogP) is 6.25. The van der Waals surface area contributed by atoms with Gasteiger partial charge in [-0.15, -0.1) is 0 Å². The Morgan fingerprint density at radius 2 is 1.73 bits per heavy atom. The van der Waals surface area contributed by atoms with Crippen molar-refractivity contribution in [3.8, 4) is 5.75 Å². The number of nitrogens with zero attached hydrogens (tertiary/aromatic N) is 3. The second-order valence-electron chi connectivity index (χ2n) is 15.8. The van der Waals surface area contributed by atoms with Crippen LogP contribution in [0.1, 0.15) is 93.4 Å². The van der Waals surface area contributed by atoms with Crippen LogP contribution in [0.2, 0.25) is 0 Å². The molecule has 3 aliphatic rings. The maximum absolute atomic E-state index is 14.6. The minimum Gasteiger partial charge on any atom is -0.476 e. The second-order valence-corrected chi connectivity index (χ2v) is 15.8. The van der Waals surface area contributed by atoms with E-state index in [0.29, 0.717) is 68.0 Å². The zero-order chi connectivity index (χ0) is 36.1. The monoisotopic (exact) mass is 685 g/mol. The smallest absolute Gasteiger partial charge is 0.410 e. The predicted molar refractivity (Wildman–Crippen MR) is 189 cm³/mol. The molecule has 1 aliphatic carbocycles. The van der Waals surface area contributed by atoms with Gasteiger partial charge in [-0.2, -0.15) is 0 Å². The van der Waals surface area contributed by atoms with Crippen molar-refractivity contribution in [3.05, 3.63) is 18.2 Å². The second kappa shape index (κ2) is 16.2. The lowest BCUT2D eigenvalue weighted by molar-refractivity contribution is -0.132. The lowest BCUT2D eigenvalue weighted by Crippen LogP contribution is -2.53. The number of anilines is 2. The van der Waals surface area contributed by atoms with Crippen LogP contribution < -0.4 is 14.5 Å². The number of hydrogen-bond donors (Lipinski definition) is 0. The fourth-order valence-corrected chi connectivity index (χ4v) is 6.89. The average Bonchev–Trinajstić information content (AvgIpc) is 3.86. The van der Waals surface area contributed by atoms with Crippen LogP contribution in [-0.2, 0) is 28.6 Å². The third kappa shape index (κ3) is 9.96. The van der Waals surface area contributed by atoms with E-state index in [1.54, 1.807) is 37.9 Å². The van der Waals surface area contributed by atoms with E-state index in [1.165, 1.54) is 0 Å². The number of methoxy groups -OCH3 is 2. The van der Waals surface area contributed by atoms with Gasteiger partial charge in [0, 0.05) is 71.1 Å². The van der Waals surface area contributed by atoms with E-state index in [0.717, 1.165) is 25.7 Å². The number of likely N-dealkylation sites (tertiary alicyclic amines) is 1. The first kappa shape index (κ1) is 38.6. The molecule has 2 heterocycles. The molecule has 49 heavy (non-hydrogen) atoms. The normalized spacial score (nSPS) is 21.2. The van der Waals surface area contributed by atoms with Gasteiger partial charge in [0.05, 0.1) is 11.6 Å². The molecular weight excluding hydrogens is 626 g/mol. The molecule has 0 aromatic heterocycles. The molecule has 1 aromatic carbocycles. The summed E-state index contributed by atoms with van der Waals surface area (Å²) in [6.45, 7) is 15.3. The summed E-state index contributed by atoms with van der Waals surface area (Å²) in [5, 5.41) is 0. The number of rotatable bonds is 15. The van der Waals surface area contributed by atoms with Gasteiger partial charge in [0.1, 0.15) is 17.1 Å². The van der Waals surface area contributed by atoms with Crippen LogP contribution in [0.4, 0.5) is 16.2 Å². The Labute approximate surface area is 292 Å². The first-order valence-electron chi connectivity index (χ1n) is 18.0. The van der Waals surface area contributed by atoms with Crippen molar-refractivity contribution in [3.63, 3.8) is 0 Å². The number of hydrogen-bond acceptors (Lipinski definition) is 8. The van der Waals surface area contributed by atoms with Crippen LogP contribution in [-0.4, -0.2) is 92.9 Å². The van der Waals surface area contributed by atoms with Crippen LogP contribution in [0, 0.1) is 23.7 Å². The summed E-state index contributed by atoms with van der Waals surface area (Å²) in [6, 6.07) is 5.58. The van der Waals surface area contributed by atoms with E-state index in [1.807, 2.05) is 43.9 Å². The molecule has 3 amide bonds. The highest BCUT2D eigenvalue weighted by Crippen LogP contribution is 2.43. The van der Waals surface area contributed by atoms with Crippen molar-refractivity contribution < 1.29 is 38.1 Å². The van der Waals surface area contributed by atoms with Crippen LogP contribution in [0.25, 0.3) is 0 Å². The summed E-state index contributed by atoms with van der Waals surface area (Å²) in [5.41, 5.74) is -0.444. The molecule has 0 spiro atoms. The number of carbonyl (C=O) groups excluding carboxylic acids is 4. The van der Waals surface area contributed by atoms with E-state index in [2.05, 4.69) is 13.8 Å². The van der Waals surface area contributed by atoms with Gasteiger partial charge in [0.2, 0.25) is 5.91 Å². The SMILES string of the molecule is COCCCN1C(=O)C(C)(C)Oc2ccc(N(C(=O)[C@@H]3C[C@H](C(=O)CCCC(COC)C(C)C)CN(C(=O)OC(C)(C)C)C3)C3CC3)cc21. The fourth-order valence-electron chi connectivity index (χ4n) is 6.89. The summed E-state index contributed by atoms with van der Waals surface area (Å²) in [5.74, 6) is 0.135. The topological polar surface area (TPSA) is 115 Å². The fraction of sp³-hybridized carbons (Fsp3) is 0.737. The summed E-state index contributed by atoms with van der Waals surface area (Å²) < 4.78 is 22.5. The third-order valence-electron chi connectivity index (χ3n) is 9.74. The van der Waals surface area contributed by atoms with Crippen molar-refractivity contribution in [1.82, 2.24) is 4.90 Å². The van der Waals surface area contributed by atoms with Gasteiger partial charge in [-0.3, -0.25) is 14.4 Å². The minimum absolute atomic E-state index is 0.00366. The summed E-state index contributed by atoms with van der Waals surface area (Å²) >= 11 is 0. The zero-order valence-corrected chi connectivity index (χ0v) is 31.2. The minimum atomic E-state index is -1.03. The van der Waals surface area contributed by atoms with E-state index < -0.39 is 29.1 Å². The number of fused-ring (bicyclic) bond motifs is 1. The molecule has 1 saturated heterocycles. The molecule has 1 saturated carbocycles. The number of ether oxygens (including phenoxy) is 4. The Kier molecular flexibility index (Phi) is 12.8. The van der Waals surface area contributed by atoms with Gasteiger partial charge in [-0.05, 0) is 103 Å². The quantitative estimate of drug-likeness (QED) is 0.199. The Balaban J connectivity index is 1.59. The van der Waals surface area contributed by atoms with Crippen molar-refractivity contribution in [2.75, 3.05) is 56.9 Å². The molecule has 274 valence electrons. The van der Waals surface area contributed by atoms with Gasteiger partial charge in [0.15, 0.2) is 5.60 Å². The molecule has 2 aliphatic heterocycles. The van der Waals surface area contributed by atoms with Gasteiger partial charge in [-0.25, -0.2) is 4.79 Å². The number of Topliss-reactive ketones (excluding diaryl/α,β-unsaturated/α-hetero) is 1. The molecule has 1 aromatic rings. The Bertz CT molecular complexity index is 1330. The number of amides is 3. The molecule has 4 rings (SSSR count). The van der Waals surface area contributed by atoms with Crippen molar-refractivity contribution in [2.24, 2.45) is 23.7 Å². The van der Waals surface area contributed by atoms with Crippen LogP contribution in [0.5, 0.6) is 5.75 Å². The van der Waals surface area contributed by atoms with Crippen molar-refractivity contribution in [2.45, 2.75) is 111 Å². The molecule has 11 heteroatoms. The maximum atomic E-state index is 14.6. The van der Waals surface area contributed by atoms with Crippen LogP contribution in [0.3, 0.4) is 0 Å². The molecule has 1 unspecified atom stereocenters. The van der Waals surface area contributed by atoms with E-state index in [-0.39, 0.29) is 36.7 Å². The standard InChI is InChI=1S/C38H59N3O8/c1-25(2)26(24-47-9)12-10-13-32(42)27-20-28(23-39(22-27)36(45)49-37(3,4)5)34(43)41(29-14-15-29)30-16-17-33-31(21-30)40(18-11-19-46-8)35(44)38(6,7)48-33/h16-17,21,25-29H,10-15,18-20,22-24H2,1-9H3/t26?,27-,28+/m0/s1. The number of benzene rings is 1. The molecule has 2 fully saturated rings. The van der Waals surface area contributed by atoms with Crippen molar-refractivity contribution in [1.29, 1.82) is 0 Å². The van der Waals surface area contributed by atoms with Gasteiger partial charge < -0.3 is 33.6 Å². The number of ketones is 1. The first-order chi connectivity index (χ1) is 23.1. The highest BCUT2D eigenvalue weighted by Gasteiger charge is 2.45. The Hall–Kier alpha value is -3.18. The summed E-state index contributed by atoms with van der Waals surface area (Å²) in [4.78, 5) is 60.2. The molecule has 0 N–H and O–H groups in total. The van der Waals surface area contributed by atoms with Crippen LogP contribution >= 0.6 is 0 Å². The lowest BCUT2D eigenvalue weighted by Gasteiger charge is -2.40. The molecular formula is C38H59N3O8. The third-order valence-corrected chi connectivity index (χ3v) is 9.74. The van der Waals surface area contributed by atoms with E-state index in [9.17, 15) is 19.2 Å². The lowest BCUT2D eigenvalue weighted by atomic mass is 9.83. The Morgan fingerprint density at radius 1 is 1.04 bits per heavy atom. The molecule has 11 nitrogen and oxygen atoms in total. The highest BCUT2D eigenvalue weighted by molar-refractivity contribution is 6.04. The van der Waals surface area contributed by atoms with Gasteiger partial charge in [0.25, 0.3) is 5.91 Å². The number of piperidine rings is 1. The number of carbonyl (C=O) groups is 4. The van der Waals surface area contributed by atoms with Crippen molar-refractivity contribution >= 4 is 35.1 Å². The largest absolute Gasteiger partial charge is 0.476 e.